The Labute approximate surface area is 152 Å². The van der Waals surface area contributed by atoms with E-state index in [0.29, 0.717) is 0 Å². The number of halogens is 3. The van der Waals surface area contributed by atoms with Crippen LogP contribution in [0.5, 0.6) is 0 Å². The minimum atomic E-state index is -4.90. The molecule has 1 aromatic heterocycles. The molecular formula is C19H16F3N3O2. The molecule has 0 saturated carbocycles. The highest BCUT2D eigenvalue weighted by molar-refractivity contribution is 5.80. The molecule has 0 fully saturated rings. The van der Waals surface area contributed by atoms with E-state index in [0.717, 1.165) is 15.7 Å². The van der Waals surface area contributed by atoms with E-state index >= 15 is 0 Å². The Hall–Kier alpha value is -3.16. The highest BCUT2D eigenvalue weighted by Crippen LogP contribution is 2.26. The zero-order valence-electron chi connectivity index (χ0n) is 14.4. The Kier molecular flexibility index (Phi) is 4.98. The summed E-state index contributed by atoms with van der Waals surface area (Å²) in [5.74, 6) is -0.567. The van der Waals surface area contributed by atoms with Gasteiger partial charge in [-0.3, -0.25) is 14.2 Å². The Balaban J connectivity index is 1.89. The number of hydrogen-bond acceptors (Lipinski definition) is 3. The summed E-state index contributed by atoms with van der Waals surface area (Å²) in [5.41, 5.74) is -0.799. The molecule has 8 heteroatoms. The van der Waals surface area contributed by atoms with Crippen LogP contribution in [0.2, 0.25) is 0 Å². The van der Waals surface area contributed by atoms with Crippen molar-refractivity contribution in [1.29, 1.82) is 0 Å². The number of amides is 1. The molecule has 0 bridgehead atoms. The van der Waals surface area contributed by atoms with E-state index in [1.54, 1.807) is 6.07 Å². The number of carbonyl (C=O) groups excluding carboxylic acids is 1. The van der Waals surface area contributed by atoms with Crippen LogP contribution < -0.4 is 10.9 Å². The molecule has 1 N–H and O–H groups in total. The topological polar surface area (TPSA) is 64.0 Å². The number of nitrogens with zero attached hydrogens (tertiary/aromatic N) is 2. The van der Waals surface area contributed by atoms with Crippen molar-refractivity contribution in [2.45, 2.75) is 26.2 Å². The molecule has 1 heterocycles. The van der Waals surface area contributed by atoms with E-state index in [2.05, 4.69) is 10.3 Å². The second-order valence-electron chi connectivity index (χ2n) is 6.10. The molecule has 27 heavy (non-hydrogen) atoms. The summed E-state index contributed by atoms with van der Waals surface area (Å²) in [6.07, 6.45) is -4.90. The first kappa shape index (κ1) is 18.6. The maximum absolute atomic E-state index is 13.1. The number of carbonyl (C=O) groups is 1. The number of alkyl halides is 3. The lowest BCUT2D eigenvalue weighted by Crippen LogP contribution is -2.36. The Morgan fingerprint density at radius 3 is 2.44 bits per heavy atom. The smallest absolute Gasteiger partial charge is 0.350 e. The van der Waals surface area contributed by atoms with Crippen molar-refractivity contribution in [3.8, 4) is 0 Å². The molecule has 0 spiro atoms. The van der Waals surface area contributed by atoms with E-state index in [4.69, 9.17) is 0 Å². The number of rotatable bonds is 4. The molecule has 3 rings (SSSR count). The summed E-state index contributed by atoms with van der Waals surface area (Å²) in [5, 5.41) is 2.62. The molecule has 1 amide bonds. The summed E-state index contributed by atoms with van der Waals surface area (Å²) >= 11 is 0. The predicted octanol–water partition coefficient (Wildman–Crippen LogP) is 3.04. The quantitative estimate of drug-likeness (QED) is 0.762. The van der Waals surface area contributed by atoms with Gasteiger partial charge in [-0.05, 0) is 24.6 Å². The Morgan fingerprint density at radius 2 is 1.78 bits per heavy atom. The zero-order chi connectivity index (χ0) is 19.6. The van der Waals surface area contributed by atoms with Crippen molar-refractivity contribution in [2.75, 3.05) is 0 Å². The van der Waals surface area contributed by atoms with Gasteiger partial charge in [-0.15, -0.1) is 0 Å². The van der Waals surface area contributed by atoms with Crippen LogP contribution in [0.4, 0.5) is 13.2 Å². The molecule has 0 atom stereocenters. The first-order chi connectivity index (χ1) is 12.8. The molecular weight excluding hydrogens is 359 g/mol. The predicted molar refractivity (Wildman–Crippen MR) is 94.0 cm³/mol. The van der Waals surface area contributed by atoms with Gasteiger partial charge in [-0.1, -0.05) is 42.0 Å². The Bertz CT molecular complexity index is 1040. The average molecular weight is 375 g/mol. The lowest BCUT2D eigenvalue weighted by Gasteiger charge is -2.13. The number of fused-ring (bicyclic) bond motifs is 1. The van der Waals surface area contributed by atoms with Crippen LogP contribution in [0.1, 0.15) is 16.8 Å². The first-order valence-electron chi connectivity index (χ1n) is 8.15. The van der Waals surface area contributed by atoms with Crippen molar-refractivity contribution in [3.63, 3.8) is 0 Å². The van der Waals surface area contributed by atoms with Gasteiger partial charge in [0.25, 0.3) is 5.56 Å². The van der Waals surface area contributed by atoms with Gasteiger partial charge in [-0.25, -0.2) is 4.98 Å². The third-order valence-electron chi connectivity index (χ3n) is 4.03. The Morgan fingerprint density at radius 1 is 1.11 bits per heavy atom. The zero-order valence-corrected chi connectivity index (χ0v) is 14.4. The minimum Gasteiger partial charge on any atom is -0.350 e. The minimum absolute atomic E-state index is 0.00393. The van der Waals surface area contributed by atoms with Crippen LogP contribution in [0.15, 0.2) is 53.3 Å². The number of hydrogen-bond donors (Lipinski definition) is 1. The van der Waals surface area contributed by atoms with Crippen LogP contribution in [0, 0.1) is 6.92 Å². The number of para-hydroxylation sites is 2. The molecule has 0 saturated heterocycles. The van der Waals surface area contributed by atoms with E-state index in [1.165, 1.54) is 18.2 Å². The molecule has 5 nitrogen and oxygen atoms in total. The third-order valence-corrected chi connectivity index (χ3v) is 4.03. The number of aryl methyl sites for hydroxylation is 1. The van der Waals surface area contributed by atoms with Crippen molar-refractivity contribution >= 4 is 16.9 Å². The van der Waals surface area contributed by atoms with Gasteiger partial charge in [0, 0.05) is 6.54 Å². The van der Waals surface area contributed by atoms with Crippen LogP contribution >= 0.6 is 0 Å². The van der Waals surface area contributed by atoms with Crippen LogP contribution in [0.3, 0.4) is 0 Å². The van der Waals surface area contributed by atoms with Crippen LogP contribution in [0.25, 0.3) is 11.0 Å². The largest absolute Gasteiger partial charge is 0.438 e. The van der Waals surface area contributed by atoms with E-state index < -0.39 is 29.9 Å². The van der Waals surface area contributed by atoms with Crippen LogP contribution in [-0.4, -0.2) is 15.5 Å². The average Bonchev–Trinajstić information content (AvgIpc) is 2.62. The molecule has 140 valence electrons. The van der Waals surface area contributed by atoms with E-state index in [9.17, 15) is 22.8 Å². The molecule has 3 aromatic rings. The standard InChI is InChI=1S/C19H16F3N3O2/c1-12-6-8-13(9-7-12)10-23-16(26)11-25-15-5-3-2-4-14(15)24-17(18(25)27)19(20,21)22/h2-9H,10-11H2,1H3,(H,23,26). The summed E-state index contributed by atoms with van der Waals surface area (Å²) < 4.78 is 40.2. The van der Waals surface area contributed by atoms with Gasteiger partial charge in [0.05, 0.1) is 11.0 Å². The fourth-order valence-corrected chi connectivity index (χ4v) is 2.64. The van der Waals surface area contributed by atoms with Crippen molar-refractivity contribution < 1.29 is 18.0 Å². The van der Waals surface area contributed by atoms with Gasteiger partial charge in [0.2, 0.25) is 11.6 Å². The lowest BCUT2D eigenvalue weighted by atomic mass is 10.1. The molecule has 0 aliphatic rings. The highest BCUT2D eigenvalue weighted by Gasteiger charge is 2.37. The van der Waals surface area contributed by atoms with Gasteiger partial charge in [0.15, 0.2) is 0 Å². The lowest BCUT2D eigenvalue weighted by molar-refractivity contribution is -0.142. The second-order valence-corrected chi connectivity index (χ2v) is 6.10. The maximum Gasteiger partial charge on any atom is 0.438 e. The summed E-state index contributed by atoms with van der Waals surface area (Å²) in [7, 11) is 0. The molecule has 0 aliphatic heterocycles. The number of benzene rings is 2. The fourth-order valence-electron chi connectivity index (χ4n) is 2.64. The second kappa shape index (κ2) is 7.22. The number of aromatic nitrogens is 2. The van der Waals surface area contributed by atoms with Gasteiger partial charge in [-0.2, -0.15) is 13.2 Å². The third kappa shape index (κ3) is 4.16. The molecule has 0 aliphatic carbocycles. The van der Waals surface area contributed by atoms with Crippen molar-refractivity contribution in [3.05, 3.63) is 75.7 Å². The summed E-state index contributed by atoms with van der Waals surface area (Å²) in [4.78, 5) is 27.9. The molecule has 2 aromatic carbocycles. The summed E-state index contributed by atoms with van der Waals surface area (Å²) in [6, 6.07) is 13.4. The van der Waals surface area contributed by atoms with E-state index in [-0.39, 0.29) is 17.6 Å². The maximum atomic E-state index is 13.1. The normalized spacial score (nSPS) is 11.6. The van der Waals surface area contributed by atoms with Gasteiger partial charge < -0.3 is 5.32 Å². The van der Waals surface area contributed by atoms with Gasteiger partial charge >= 0.3 is 6.18 Å². The molecule has 0 radical (unpaired) electrons. The van der Waals surface area contributed by atoms with E-state index in [1.807, 2.05) is 31.2 Å². The number of nitrogens with one attached hydrogen (secondary N) is 1. The monoisotopic (exact) mass is 375 g/mol. The molecule has 0 unspecified atom stereocenters. The fraction of sp³-hybridized carbons (Fsp3) is 0.211. The SMILES string of the molecule is Cc1ccc(CNC(=O)Cn2c(=O)c(C(F)(F)F)nc3ccccc32)cc1. The summed E-state index contributed by atoms with van der Waals surface area (Å²) in [6.45, 7) is 1.61. The van der Waals surface area contributed by atoms with Crippen molar-refractivity contribution in [2.24, 2.45) is 0 Å². The van der Waals surface area contributed by atoms with Gasteiger partial charge in [0.1, 0.15) is 6.54 Å². The van der Waals surface area contributed by atoms with Crippen LogP contribution in [-0.2, 0) is 24.1 Å². The van der Waals surface area contributed by atoms with Crippen molar-refractivity contribution in [1.82, 2.24) is 14.9 Å². The highest BCUT2D eigenvalue weighted by atomic mass is 19.4. The first-order valence-corrected chi connectivity index (χ1v) is 8.15.